The third kappa shape index (κ3) is 2.89. The fraction of sp³-hybridized carbons (Fsp3) is 0.462. The van der Waals surface area contributed by atoms with Crippen molar-refractivity contribution in [3.63, 3.8) is 0 Å². The van der Waals surface area contributed by atoms with E-state index >= 15 is 0 Å². The maximum Gasteiger partial charge on any atom is 0.184 e. The van der Waals surface area contributed by atoms with Crippen molar-refractivity contribution in [2.75, 3.05) is 5.73 Å². The Labute approximate surface area is 111 Å². The van der Waals surface area contributed by atoms with Crippen molar-refractivity contribution in [1.29, 1.82) is 0 Å². The van der Waals surface area contributed by atoms with Crippen molar-refractivity contribution in [3.8, 4) is 11.4 Å². The van der Waals surface area contributed by atoms with Crippen LogP contribution in [0.4, 0.5) is 10.1 Å². The highest BCUT2D eigenvalue weighted by atomic mass is 19.1. The monoisotopic (exact) mass is 263 g/mol. The molecule has 0 amide bonds. The number of hydrogen-bond acceptors (Lipinski definition) is 4. The molecule has 0 aliphatic rings. The number of nitrogens with zero attached hydrogens (tertiary/aromatic N) is 4. The van der Waals surface area contributed by atoms with E-state index in [0.717, 1.165) is 19.3 Å². The van der Waals surface area contributed by atoms with Gasteiger partial charge in [-0.3, -0.25) is 0 Å². The first-order valence-electron chi connectivity index (χ1n) is 6.46. The molecule has 2 N–H and O–H groups in total. The van der Waals surface area contributed by atoms with Gasteiger partial charge in [0.2, 0.25) is 0 Å². The van der Waals surface area contributed by atoms with Gasteiger partial charge in [0.25, 0.3) is 0 Å². The molecule has 0 radical (unpaired) electrons. The number of hydrogen-bond donors (Lipinski definition) is 1. The topological polar surface area (TPSA) is 69.6 Å². The lowest BCUT2D eigenvalue weighted by Gasteiger charge is -2.13. The van der Waals surface area contributed by atoms with E-state index in [-0.39, 0.29) is 11.9 Å². The normalized spacial score (nSPS) is 12.6. The van der Waals surface area contributed by atoms with Crippen LogP contribution in [0.5, 0.6) is 0 Å². The Kier molecular flexibility index (Phi) is 4.09. The smallest absolute Gasteiger partial charge is 0.184 e. The van der Waals surface area contributed by atoms with Crippen molar-refractivity contribution in [2.45, 2.75) is 39.2 Å². The van der Waals surface area contributed by atoms with Crippen LogP contribution in [0, 0.1) is 5.82 Å². The molecule has 1 atom stereocenters. The summed E-state index contributed by atoms with van der Waals surface area (Å²) < 4.78 is 15.1. The van der Waals surface area contributed by atoms with Gasteiger partial charge in [0.05, 0.1) is 6.04 Å². The molecule has 0 aliphatic heterocycles. The molecule has 0 saturated heterocycles. The van der Waals surface area contributed by atoms with Gasteiger partial charge in [0, 0.05) is 11.3 Å². The molecule has 2 rings (SSSR count). The molecule has 1 aromatic heterocycles. The number of halogens is 1. The summed E-state index contributed by atoms with van der Waals surface area (Å²) in [6.07, 6.45) is 3.19. The maximum absolute atomic E-state index is 13.3. The third-order valence-corrected chi connectivity index (χ3v) is 3.14. The van der Waals surface area contributed by atoms with Crippen molar-refractivity contribution >= 4 is 5.69 Å². The number of tetrazole rings is 1. The molecule has 2 aromatic rings. The molecule has 6 heteroatoms. The van der Waals surface area contributed by atoms with Gasteiger partial charge in [-0.2, -0.15) is 0 Å². The summed E-state index contributed by atoms with van der Waals surface area (Å²) in [7, 11) is 0. The Morgan fingerprint density at radius 2 is 2.21 bits per heavy atom. The molecule has 0 saturated carbocycles. The minimum atomic E-state index is -0.347. The summed E-state index contributed by atoms with van der Waals surface area (Å²) in [4.78, 5) is 0. The molecule has 1 unspecified atom stereocenters. The lowest BCUT2D eigenvalue weighted by atomic mass is 10.1. The second-order valence-corrected chi connectivity index (χ2v) is 4.67. The zero-order valence-electron chi connectivity index (χ0n) is 11.2. The van der Waals surface area contributed by atoms with E-state index < -0.39 is 0 Å². The second kappa shape index (κ2) is 5.77. The van der Waals surface area contributed by atoms with Gasteiger partial charge in [-0.15, -0.1) is 5.10 Å². The Bertz CT molecular complexity index is 552. The van der Waals surface area contributed by atoms with Crippen molar-refractivity contribution in [1.82, 2.24) is 20.2 Å². The highest BCUT2D eigenvalue weighted by Gasteiger charge is 2.16. The van der Waals surface area contributed by atoms with Crippen LogP contribution in [0.25, 0.3) is 11.4 Å². The van der Waals surface area contributed by atoms with Gasteiger partial charge in [-0.05, 0) is 42.0 Å². The van der Waals surface area contributed by atoms with Crippen LogP contribution >= 0.6 is 0 Å². The number of anilines is 1. The predicted octanol–water partition coefficient (Wildman–Crippen LogP) is 2.81. The minimum absolute atomic E-state index is 0.160. The lowest BCUT2D eigenvalue weighted by Crippen LogP contribution is -2.10. The van der Waals surface area contributed by atoms with Gasteiger partial charge in [-0.25, -0.2) is 9.07 Å². The zero-order chi connectivity index (χ0) is 13.8. The molecule has 19 heavy (non-hydrogen) atoms. The van der Waals surface area contributed by atoms with Gasteiger partial charge in [-0.1, -0.05) is 19.8 Å². The van der Waals surface area contributed by atoms with E-state index in [0.29, 0.717) is 17.1 Å². The van der Waals surface area contributed by atoms with Crippen molar-refractivity contribution < 1.29 is 4.39 Å². The molecule has 1 heterocycles. The van der Waals surface area contributed by atoms with Gasteiger partial charge in [0.15, 0.2) is 5.82 Å². The molecule has 5 nitrogen and oxygen atoms in total. The first kappa shape index (κ1) is 13.5. The number of aromatic nitrogens is 4. The van der Waals surface area contributed by atoms with Crippen molar-refractivity contribution in [2.24, 2.45) is 0 Å². The number of rotatable bonds is 5. The number of unbranched alkanes of at least 4 members (excludes halogenated alkanes) is 1. The lowest BCUT2D eigenvalue weighted by molar-refractivity contribution is 0.437. The Morgan fingerprint density at radius 3 is 2.95 bits per heavy atom. The van der Waals surface area contributed by atoms with E-state index in [1.807, 2.05) is 6.92 Å². The van der Waals surface area contributed by atoms with Crippen LogP contribution in [0.2, 0.25) is 0 Å². The summed E-state index contributed by atoms with van der Waals surface area (Å²) in [5.74, 6) is 0.167. The molecular formula is C13H18FN5. The van der Waals surface area contributed by atoms with Crippen LogP contribution in [-0.4, -0.2) is 20.2 Å². The van der Waals surface area contributed by atoms with E-state index in [2.05, 4.69) is 22.4 Å². The van der Waals surface area contributed by atoms with Gasteiger partial charge >= 0.3 is 0 Å². The molecular weight excluding hydrogens is 245 g/mol. The molecule has 0 bridgehead atoms. The van der Waals surface area contributed by atoms with Crippen LogP contribution in [0.15, 0.2) is 18.2 Å². The molecule has 0 fully saturated rings. The quantitative estimate of drug-likeness (QED) is 0.842. The average molecular weight is 263 g/mol. The second-order valence-electron chi connectivity index (χ2n) is 4.67. The van der Waals surface area contributed by atoms with Gasteiger partial charge < -0.3 is 5.73 Å². The SMILES string of the molecule is CCCCC(C)n1nnnc1-c1cc(F)ccc1N. The molecule has 102 valence electrons. The molecule has 1 aromatic carbocycles. The van der Waals surface area contributed by atoms with Crippen LogP contribution in [0.1, 0.15) is 39.2 Å². The Morgan fingerprint density at radius 1 is 1.42 bits per heavy atom. The standard InChI is InChI=1S/C13H18FN5/c1-3-4-5-9(2)19-13(16-17-18-19)11-8-10(14)6-7-12(11)15/h6-9H,3-5,15H2,1-2H3. The van der Waals surface area contributed by atoms with Crippen LogP contribution in [-0.2, 0) is 0 Å². The van der Waals surface area contributed by atoms with Gasteiger partial charge in [0.1, 0.15) is 5.82 Å². The highest BCUT2D eigenvalue weighted by Crippen LogP contribution is 2.27. The van der Waals surface area contributed by atoms with Crippen LogP contribution < -0.4 is 5.73 Å². The highest BCUT2D eigenvalue weighted by molar-refractivity contribution is 5.71. The zero-order valence-corrected chi connectivity index (χ0v) is 11.2. The predicted molar refractivity (Wildman–Crippen MR) is 71.9 cm³/mol. The first-order chi connectivity index (χ1) is 9.13. The fourth-order valence-electron chi connectivity index (χ4n) is 2.01. The summed E-state index contributed by atoms with van der Waals surface area (Å²) in [6.45, 7) is 4.18. The average Bonchev–Trinajstić information content (AvgIpc) is 2.88. The fourth-order valence-corrected chi connectivity index (χ4v) is 2.01. The summed E-state index contributed by atoms with van der Waals surface area (Å²) in [6, 6.07) is 4.38. The van der Waals surface area contributed by atoms with E-state index in [4.69, 9.17) is 5.73 Å². The molecule has 0 spiro atoms. The van der Waals surface area contributed by atoms with E-state index in [9.17, 15) is 4.39 Å². The largest absolute Gasteiger partial charge is 0.398 e. The molecule has 0 aliphatic carbocycles. The summed E-state index contributed by atoms with van der Waals surface area (Å²) in [5, 5.41) is 11.6. The van der Waals surface area contributed by atoms with Crippen molar-refractivity contribution in [3.05, 3.63) is 24.0 Å². The third-order valence-electron chi connectivity index (χ3n) is 3.14. The number of benzene rings is 1. The van der Waals surface area contributed by atoms with E-state index in [1.165, 1.54) is 18.2 Å². The Hall–Kier alpha value is -1.98. The van der Waals surface area contributed by atoms with E-state index in [1.54, 1.807) is 4.68 Å². The summed E-state index contributed by atoms with van der Waals surface area (Å²) >= 11 is 0. The van der Waals surface area contributed by atoms with Crippen LogP contribution in [0.3, 0.4) is 0 Å². The summed E-state index contributed by atoms with van der Waals surface area (Å²) in [5.41, 5.74) is 6.88. The number of nitrogens with two attached hydrogens (primary N) is 1. The maximum atomic E-state index is 13.3. The minimum Gasteiger partial charge on any atom is -0.398 e. The number of nitrogen functional groups attached to an aromatic ring is 1. The first-order valence-corrected chi connectivity index (χ1v) is 6.46. The Balaban J connectivity index is 2.35.